The SMILES string of the molecule is CCCC[N+](CCCC)(CCCC)CCCC.Cc1ccccc1.[OH-]. The Bertz CT molecular complexity index is 326. The molecule has 1 rings (SSSR count). The van der Waals surface area contributed by atoms with Crippen LogP contribution in [-0.2, 0) is 0 Å². The first kappa shape index (κ1) is 26.4. The van der Waals surface area contributed by atoms with E-state index in [0.29, 0.717) is 0 Å². The predicted molar refractivity (Wildman–Crippen MR) is 112 cm³/mol. The third kappa shape index (κ3) is 14.0. The number of quaternary nitrogens is 1. The second-order valence-corrected chi connectivity index (χ2v) is 7.30. The minimum atomic E-state index is 0. The van der Waals surface area contributed by atoms with Gasteiger partial charge in [0.15, 0.2) is 0 Å². The van der Waals surface area contributed by atoms with Gasteiger partial charge in [0, 0.05) is 0 Å². The Morgan fingerprint density at radius 2 is 0.920 bits per heavy atom. The zero-order valence-electron chi connectivity index (χ0n) is 17.8. The van der Waals surface area contributed by atoms with Crippen LogP contribution < -0.4 is 0 Å². The number of hydrogen-bond acceptors (Lipinski definition) is 1. The van der Waals surface area contributed by atoms with E-state index in [4.69, 9.17) is 0 Å². The lowest BCUT2D eigenvalue weighted by Gasteiger charge is -2.39. The lowest BCUT2D eigenvalue weighted by molar-refractivity contribution is -0.929. The van der Waals surface area contributed by atoms with Gasteiger partial charge in [0.25, 0.3) is 0 Å². The second kappa shape index (κ2) is 17.9. The van der Waals surface area contributed by atoms with E-state index in [1.807, 2.05) is 18.2 Å². The largest absolute Gasteiger partial charge is 0.870 e. The molecule has 0 atom stereocenters. The molecule has 0 radical (unpaired) electrons. The highest BCUT2D eigenvalue weighted by molar-refractivity contribution is 5.11. The van der Waals surface area contributed by atoms with Crippen LogP contribution in [0, 0.1) is 6.92 Å². The number of rotatable bonds is 12. The van der Waals surface area contributed by atoms with Crippen molar-refractivity contribution in [2.75, 3.05) is 26.2 Å². The molecule has 1 aromatic carbocycles. The summed E-state index contributed by atoms with van der Waals surface area (Å²) >= 11 is 0. The molecular weight excluding hydrogens is 306 g/mol. The molecule has 0 aliphatic carbocycles. The highest BCUT2D eigenvalue weighted by Crippen LogP contribution is 2.16. The van der Waals surface area contributed by atoms with Gasteiger partial charge in [-0.1, -0.05) is 89.3 Å². The molecule has 0 bridgehead atoms. The number of benzene rings is 1. The van der Waals surface area contributed by atoms with Gasteiger partial charge < -0.3 is 9.96 Å². The van der Waals surface area contributed by atoms with Gasteiger partial charge in [-0.25, -0.2) is 0 Å². The normalized spacial score (nSPS) is 10.6. The van der Waals surface area contributed by atoms with Gasteiger partial charge in [0.2, 0.25) is 0 Å². The summed E-state index contributed by atoms with van der Waals surface area (Å²) in [5.74, 6) is 0. The summed E-state index contributed by atoms with van der Waals surface area (Å²) in [6.45, 7) is 17.1. The lowest BCUT2D eigenvalue weighted by Crippen LogP contribution is -2.50. The molecule has 1 aromatic rings. The topological polar surface area (TPSA) is 30.0 Å². The van der Waals surface area contributed by atoms with Crippen LogP contribution in [0.2, 0.25) is 0 Å². The maximum Gasteiger partial charge on any atom is 0.0786 e. The van der Waals surface area contributed by atoms with Crippen molar-refractivity contribution in [1.29, 1.82) is 0 Å². The number of hydrogen-bond donors (Lipinski definition) is 0. The number of unbranched alkanes of at least 4 members (excludes halogenated alkanes) is 4. The van der Waals surface area contributed by atoms with Crippen LogP contribution in [0.15, 0.2) is 30.3 Å². The van der Waals surface area contributed by atoms with Crippen LogP contribution in [0.1, 0.15) is 84.6 Å². The Balaban J connectivity index is 0. The standard InChI is InChI=1S/C16H36N.C7H8.H2O/c1-5-9-13-17(14-10-6-2,15-11-7-3)16-12-8-4;1-7-5-3-2-4-6-7;/h5-16H2,1-4H3;2-6H,1H3;1H2/q+1;;/p-1. The molecule has 1 N–H and O–H groups in total. The van der Waals surface area contributed by atoms with Crippen LogP contribution in [-0.4, -0.2) is 36.1 Å². The van der Waals surface area contributed by atoms with E-state index in [1.165, 1.54) is 87.6 Å². The van der Waals surface area contributed by atoms with E-state index in [2.05, 4.69) is 46.8 Å². The van der Waals surface area contributed by atoms with Crippen molar-refractivity contribution >= 4 is 0 Å². The first-order valence-corrected chi connectivity index (χ1v) is 10.5. The van der Waals surface area contributed by atoms with Crippen LogP contribution in [0.5, 0.6) is 0 Å². The summed E-state index contributed by atoms with van der Waals surface area (Å²) in [5, 5.41) is 0. The van der Waals surface area contributed by atoms with E-state index in [1.54, 1.807) is 0 Å². The van der Waals surface area contributed by atoms with Crippen molar-refractivity contribution in [3.63, 3.8) is 0 Å². The first-order valence-electron chi connectivity index (χ1n) is 10.5. The smallest absolute Gasteiger partial charge is 0.0786 e. The minimum Gasteiger partial charge on any atom is -0.870 e. The molecule has 0 aromatic heterocycles. The zero-order valence-corrected chi connectivity index (χ0v) is 17.8. The lowest BCUT2D eigenvalue weighted by atomic mass is 10.1. The van der Waals surface area contributed by atoms with E-state index in [0.717, 1.165) is 0 Å². The highest BCUT2D eigenvalue weighted by Gasteiger charge is 2.24. The van der Waals surface area contributed by atoms with Gasteiger partial charge in [-0.15, -0.1) is 0 Å². The Kier molecular flexibility index (Phi) is 18.9. The highest BCUT2D eigenvalue weighted by atomic mass is 16.0. The molecule has 0 aliphatic rings. The molecule has 0 saturated carbocycles. The fourth-order valence-electron chi connectivity index (χ4n) is 3.18. The zero-order chi connectivity index (χ0) is 18.1. The molecule has 2 nitrogen and oxygen atoms in total. The maximum absolute atomic E-state index is 2.33. The first-order chi connectivity index (χ1) is 11.6. The third-order valence-electron chi connectivity index (χ3n) is 4.88. The molecule has 25 heavy (non-hydrogen) atoms. The number of aryl methyl sites for hydroxylation is 1. The van der Waals surface area contributed by atoms with Gasteiger partial charge >= 0.3 is 0 Å². The van der Waals surface area contributed by atoms with Crippen LogP contribution in [0.25, 0.3) is 0 Å². The summed E-state index contributed by atoms with van der Waals surface area (Å²) in [6, 6.07) is 10.3. The third-order valence-corrected chi connectivity index (χ3v) is 4.88. The minimum absolute atomic E-state index is 0. The van der Waals surface area contributed by atoms with Gasteiger partial charge in [0.05, 0.1) is 26.2 Å². The molecule has 0 unspecified atom stereocenters. The van der Waals surface area contributed by atoms with Crippen molar-refractivity contribution in [2.45, 2.75) is 86.0 Å². The summed E-state index contributed by atoms with van der Waals surface area (Å²) in [4.78, 5) is 0. The molecule has 0 fully saturated rings. The van der Waals surface area contributed by atoms with Crippen molar-refractivity contribution < 1.29 is 9.96 Å². The molecule has 0 spiro atoms. The van der Waals surface area contributed by atoms with Crippen LogP contribution in [0.3, 0.4) is 0 Å². The van der Waals surface area contributed by atoms with E-state index in [9.17, 15) is 0 Å². The molecular formula is C23H45NO. The molecule has 148 valence electrons. The Labute approximate surface area is 158 Å². The molecule has 2 heteroatoms. The van der Waals surface area contributed by atoms with E-state index in [-0.39, 0.29) is 5.48 Å². The Morgan fingerprint density at radius 1 is 0.600 bits per heavy atom. The molecule has 0 aliphatic heterocycles. The summed E-state index contributed by atoms with van der Waals surface area (Å²) in [7, 11) is 0. The molecule has 0 heterocycles. The fourth-order valence-corrected chi connectivity index (χ4v) is 3.18. The van der Waals surface area contributed by atoms with Crippen molar-refractivity contribution in [2.24, 2.45) is 0 Å². The average molecular weight is 352 g/mol. The van der Waals surface area contributed by atoms with Crippen molar-refractivity contribution in [3.05, 3.63) is 35.9 Å². The molecule has 0 saturated heterocycles. The van der Waals surface area contributed by atoms with Crippen LogP contribution >= 0.6 is 0 Å². The van der Waals surface area contributed by atoms with Crippen LogP contribution in [0.4, 0.5) is 0 Å². The van der Waals surface area contributed by atoms with Crippen molar-refractivity contribution in [1.82, 2.24) is 0 Å². The van der Waals surface area contributed by atoms with Crippen molar-refractivity contribution in [3.8, 4) is 0 Å². The summed E-state index contributed by atoms with van der Waals surface area (Å²) in [6.07, 6.45) is 11.1. The predicted octanol–water partition coefficient (Wildman–Crippen LogP) is 6.82. The quantitative estimate of drug-likeness (QED) is 0.380. The maximum atomic E-state index is 2.33. The molecule has 0 amide bonds. The second-order valence-electron chi connectivity index (χ2n) is 7.30. The Hall–Kier alpha value is -0.860. The monoisotopic (exact) mass is 351 g/mol. The van der Waals surface area contributed by atoms with E-state index < -0.39 is 0 Å². The van der Waals surface area contributed by atoms with Gasteiger partial charge in [0.1, 0.15) is 0 Å². The number of nitrogens with zero attached hydrogens (tertiary/aromatic N) is 1. The fraction of sp³-hybridized carbons (Fsp3) is 0.739. The summed E-state index contributed by atoms with van der Waals surface area (Å²) in [5.41, 5.74) is 1.32. The van der Waals surface area contributed by atoms with E-state index >= 15 is 0 Å². The average Bonchev–Trinajstić information content (AvgIpc) is 2.62. The summed E-state index contributed by atoms with van der Waals surface area (Å²) < 4.78 is 1.42. The van der Waals surface area contributed by atoms with Gasteiger partial charge in [-0.3, -0.25) is 0 Å². The van der Waals surface area contributed by atoms with Gasteiger partial charge in [-0.05, 0) is 32.6 Å². The van der Waals surface area contributed by atoms with Gasteiger partial charge in [-0.2, -0.15) is 0 Å². The Morgan fingerprint density at radius 3 is 1.12 bits per heavy atom.